The van der Waals surface area contributed by atoms with Gasteiger partial charge in [0.25, 0.3) is 10.2 Å². The van der Waals surface area contributed by atoms with Gasteiger partial charge in [0.15, 0.2) is 0 Å². The summed E-state index contributed by atoms with van der Waals surface area (Å²) in [6, 6.07) is 0.0973. The summed E-state index contributed by atoms with van der Waals surface area (Å²) in [5, 5.41) is 7.08. The molecule has 0 radical (unpaired) electrons. The highest BCUT2D eigenvalue weighted by molar-refractivity contribution is 7.87. The third kappa shape index (κ3) is 4.03. The lowest BCUT2D eigenvalue weighted by Crippen LogP contribution is -2.41. The van der Waals surface area contributed by atoms with Crippen molar-refractivity contribution in [3.63, 3.8) is 0 Å². The van der Waals surface area contributed by atoms with Crippen LogP contribution < -0.4 is 15.2 Å². The van der Waals surface area contributed by atoms with E-state index in [1.807, 2.05) is 0 Å². The molecule has 6 nitrogen and oxygen atoms in total. The predicted octanol–water partition coefficient (Wildman–Crippen LogP) is -0.855. The molecule has 0 aromatic rings. The van der Waals surface area contributed by atoms with Crippen molar-refractivity contribution in [3.05, 3.63) is 0 Å². The van der Waals surface area contributed by atoms with Gasteiger partial charge in [0.1, 0.15) is 0 Å². The summed E-state index contributed by atoms with van der Waals surface area (Å²) >= 11 is 0. The Hall–Kier alpha value is -0.660. The molecule has 0 aromatic carbocycles. The lowest BCUT2D eigenvalue weighted by molar-refractivity contribution is 0.559. The Kier molecular flexibility index (Phi) is 3.46. The van der Waals surface area contributed by atoms with Gasteiger partial charge in [-0.15, -0.1) is 0 Å². The third-order valence-corrected chi connectivity index (χ3v) is 3.20. The zero-order valence-electron chi connectivity index (χ0n) is 8.08. The molecule has 0 spiro atoms. The molecule has 0 aliphatic heterocycles. The SMILES string of the molecule is CC(CNS(=O)(=O)NC1CC1)C(=N)N. The summed E-state index contributed by atoms with van der Waals surface area (Å²) < 4.78 is 27.4. The average Bonchev–Trinajstić information content (AvgIpc) is 2.83. The minimum Gasteiger partial charge on any atom is -0.387 e. The van der Waals surface area contributed by atoms with E-state index in [0.717, 1.165) is 12.8 Å². The molecule has 5 N–H and O–H groups in total. The van der Waals surface area contributed by atoms with Crippen LogP contribution in [0.2, 0.25) is 0 Å². The second-order valence-electron chi connectivity index (χ2n) is 3.60. The molecular formula is C7H16N4O2S. The van der Waals surface area contributed by atoms with E-state index in [4.69, 9.17) is 11.1 Å². The van der Waals surface area contributed by atoms with Gasteiger partial charge < -0.3 is 5.73 Å². The van der Waals surface area contributed by atoms with Crippen LogP contribution >= 0.6 is 0 Å². The quantitative estimate of drug-likeness (QED) is 0.345. The number of amidine groups is 1. The van der Waals surface area contributed by atoms with Crippen molar-refractivity contribution in [2.75, 3.05) is 6.54 Å². The van der Waals surface area contributed by atoms with Crippen LogP contribution in [-0.2, 0) is 10.2 Å². The maximum atomic E-state index is 11.3. The fourth-order valence-corrected chi connectivity index (χ4v) is 2.03. The summed E-state index contributed by atoms with van der Waals surface area (Å²) in [7, 11) is -3.40. The normalized spacial score (nSPS) is 19.2. The van der Waals surface area contributed by atoms with Crippen LogP contribution in [0.3, 0.4) is 0 Å². The van der Waals surface area contributed by atoms with Gasteiger partial charge in [0.05, 0.1) is 5.84 Å². The summed E-state index contributed by atoms with van der Waals surface area (Å²) in [5.41, 5.74) is 5.21. The molecule has 1 aliphatic carbocycles. The van der Waals surface area contributed by atoms with Gasteiger partial charge in [-0.2, -0.15) is 13.1 Å². The molecule has 0 aromatic heterocycles. The summed E-state index contributed by atoms with van der Waals surface area (Å²) in [6.07, 6.45) is 1.81. The lowest BCUT2D eigenvalue weighted by atomic mass is 10.2. The van der Waals surface area contributed by atoms with Crippen molar-refractivity contribution < 1.29 is 8.42 Å². The Labute approximate surface area is 83.9 Å². The molecule has 1 aliphatic rings. The van der Waals surface area contributed by atoms with Crippen molar-refractivity contribution in [2.24, 2.45) is 11.7 Å². The molecule has 0 heterocycles. The Morgan fingerprint density at radius 3 is 2.64 bits per heavy atom. The largest absolute Gasteiger partial charge is 0.387 e. The van der Waals surface area contributed by atoms with Crippen LogP contribution in [0.4, 0.5) is 0 Å². The van der Waals surface area contributed by atoms with E-state index < -0.39 is 10.2 Å². The van der Waals surface area contributed by atoms with Crippen molar-refractivity contribution in [3.8, 4) is 0 Å². The van der Waals surface area contributed by atoms with Crippen LogP contribution in [0.1, 0.15) is 19.8 Å². The molecule has 1 unspecified atom stereocenters. The van der Waals surface area contributed by atoms with E-state index in [0.29, 0.717) is 0 Å². The number of rotatable bonds is 6. The summed E-state index contributed by atoms with van der Waals surface area (Å²) in [5.74, 6) is -0.287. The monoisotopic (exact) mass is 220 g/mol. The van der Waals surface area contributed by atoms with E-state index in [2.05, 4.69) is 9.44 Å². The molecule has 14 heavy (non-hydrogen) atoms. The molecule has 0 bridgehead atoms. The highest BCUT2D eigenvalue weighted by atomic mass is 32.2. The van der Waals surface area contributed by atoms with Crippen molar-refractivity contribution in [1.82, 2.24) is 9.44 Å². The second-order valence-corrected chi connectivity index (χ2v) is 5.13. The first-order valence-corrected chi connectivity index (χ1v) is 6.00. The Bertz CT molecular complexity index is 310. The van der Waals surface area contributed by atoms with Gasteiger partial charge >= 0.3 is 0 Å². The number of hydrogen-bond donors (Lipinski definition) is 4. The van der Waals surface area contributed by atoms with E-state index in [1.165, 1.54) is 0 Å². The fraction of sp³-hybridized carbons (Fsp3) is 0.857. The molecule has 1 rings (SSSR count). The van der Waals surface area contributed by atoms with Gasteiger partial charge in [-0.05, 0) is 12.8 Å². The molecular weight excluding hydrogens is 204 g/mol. The Morgan fingerprint density at radius 1 is 1.64 bits per heavy atom. The zero-order chi connectivity index (χ0) is 10.8. The molecule has 0 amide bonds. The first-order chi connectivity index (χ1) is 6.41. The van der Waals surface area contributed by atoms with E-state index in [1.54, 1.807) is 6.92 Å². The standard InChI is InChI=1S/C7H16N4O2S/c1-5(7(8)9)4-10-14(12,13)11-6-2-3-6/h5-6,10-11H,2-4H2,1H3,(H3,8,9). The van der Waals surface area contributed by atoms with Crippen LogP contribution in [0.5, 0.6) is 0 Å². The average molecular weight is 220 g/mol. The van der Waals surface area contributed by atoms with Crippen LogP contribution in [0.25, 0.3) is 0 Å². The number of hydrogen-bond acceptors (Lipinski definition) is 3. The minimum atomic E-state index is -3.40. The van der Waals surface area contributed by atoms with Crippen LogP contribution in [-0.4, -0.2) is 26.8 Å². The van der Waals surface area contributed by atoms with Crippen LogP contribution in [0.15, 0.2) is 0 Å². The van der Waals surface area contributed by atoms with Crippen LogP contribution in [0, 0.1) is 11.3 Å². The predicted molar refractivity (Wildman–Crippen MR) is 54.2 cm³/mol. The number of nitrogens with one attached hydrogen (secondary N) is 3. The van der Waals surface area contributed by atoms with E-state index in [-0.39, 0.29) is 24.3 Å². The van der Waals surface area contributed by atoms with E-state index >= 15 is 0 Å². The smallest absolute Gasteiger partial charge is 0.277 e. The number of nitrogens with two attached hydrogens (primary N) is 1. The first kappa shape index (κ1) is 11.4. The van der Waals surface area contributed by atoms with Gasteiger partial charge in [-0.1, -0.05) is 6.92 Å². The van der Waals surface area contributed by atoms with Crippen molar-refractivity contribution >= 4 is 16.0 Å². The highest BCUT2D eigenvalue weighted by Crippen LogP contribution is 2.19. The zero-order valence-corrected chi connectivity index (χ0v) is 8.89. The fourth-order valence-electron chi connectivity index (χ4n) is 0.807. The van der Waals surface area contributed by atoms with Gasteiger partial charge in [0, 0.05) is 18.5 Å². The second kappa shape index (κ2) is 4.24. The lowest BCUT2D eigenvalue weighted by Gasteiger charge is -2.11. The van der Waals surface area contributed by atoms with Gasteiger partial charge in [-0.25, -0.2) is 4.72 Å². The van der Waals surface area contributed by atoms with Crippen molar-refractivity contribution in [1.29, 1.82) is 5.41 Å². The minimum absolute atomic E-state index is 0.0147. The molecule has 0 saturated heterocycles. The highest BCUT2D eigenvalue weighted by Gasteiger charge is 2.26. The molecule has 1 fully saturated rings. The van der Waals surface area contributed by atoms with Crippen molar-refractivity contribution in [2.45, 2.75) is 25.8 Å². The van der Waals surface area contributed by atoms with Gasteiger partial charge in [0.2, 0.25) is 0 Å². The topological polar surface area (TPSA) is 108 Å². The maximum Gasteiger partial charge on any atom is 0.277 e. The third-order valence-electron chi connectivity index (χ3n) is 2.01. The molecule has 1 atom stereocenters. The van der Waals surface area contributed by atoms with Gasteiger partial charge in [-0.3, -0.25) is 5.41 Å². The Balaban J connectivity index is 2.31. The first-order valence-electron chi connectivity index (χ1n) is 4.51. The summed E-state index contributed by atoms with van der Waals surface area (Å²) in [6.45, 7) is 1.86. The Morgan fingerprint density at radius 2 is 2.21 bits per heavy atom. The molecule has 7 heteroatoms. The maximum absolute atomic E-state index is 11.3. The van der Waals surface area contributed by atoms with E-state index in [9.17, 15) is 8.42 Å². The molecule has 1 saturated carbocycles. The molecule has 82 valence electrons. The summed E-state index contributed by atoms with van der Waals surface area (Å²) in [4.78, 5) is 0.